The minimum Gasteiger partial charge on any atom is -0.493 e. The molecule has 0 radical (unpaired) electrons. The number of aromatic nitrogens is 2. The van der Waals surface area contributed by atoms with E-state index in [2.05, 4.69) is 10.3 Å². The van der Waals surface area contributed by atoms with Crippen molar-refractivity contribution in [1.82, 2.24) is 14.9 Å². The standard InChI is InChI=1S/C20H23N3O4S/c1-12-13(2)28-19-18(12)20(25)23(11-22-19)8-7-17(24)21-10-14-5-6-15(26-3)16(9-14)27-4/h5-6,9,11H,7-8,10H2,1-4H3,(H,21,24). The number of rotatable bonds is 7. The summed E-state index contributed by atoms with van der Waals surface area (Å²) in [6, 6.07) is 5.49. The van der Waals surface area contributed by atoms with Gasteiger partial charge in [0.15, 0.2) is 11.5 Å². The Balaban J connectivity index is 1.62. The van der Waals surface area contributed by atoms with E-state index < -0.39 is 0 Å². The Morgan fingerprint density at radius 2 is 1.96 bits per heavy atom. The molecule has 0 unspecified atom stereocenters. The highest BCUT2D eigenvalue weighted by Crippen LogP contribution is 2.27. The summed E-state index contributed by atoms with van der Waals surface area (Å²) in [6.07, 6.45) is 1.71. The first-order valence-electron chi connectivity index (χ1n) is 8.87. The number of nitrogens with one attached hydrogen (secondary N) is 1. The monoisotopic (exact) mass is 401 g/mol. The normalized spacial score (nSPS) is 10.9. The van der Waals surface area contributed by atoms with Crippen molar-refractivity contribution in [1.29, 1.82) is 0 Å². The third-order valence-corrected chi connectivity index (χ3v) is 5.79. The van der Waals surface area contributed by atoms with Gasteiger partial charge < -0.3 is 14.8 Å². The summed E-state index contributed by atoms with van der Waals surface area (Å²) in [5.74, 6) is 1.11. The summed E-state index contributed by atoms with van der Waals surface area (Å²) in [5.41, 5.74) is 1.76. The molecule has 0 aliphatic heterocycles. The molecule has 3 rings (SSSR count). The number of nitrogens with zero attached hydrogens (tertiary/aromatic N) is 2. The van der Waals surface area contributed by atoms with Crippen molar-refractivity contribution in [3.63, 3.8) is 0 Å². The molecule has 0 aliphatic rings. The summed E-state index contributed by atoms with van der Waals surface area (Å²) < 4.78 is 12.0. The predicted molar refractivity (Wildman–Crippen MR) is 109 cm³/mol. The van der Waals surface area contributed by atoms with Gasteiger partial charge >= 0.3 is 0 Å². The molecule has 2 aromatic heterocycles. The number of ether oxygens (including phenoxy) is 2. The second kappa shape index (κ2) is 8.43. The molecule has 1 amide bonds. The van der Waals surface area contributed by atoms with Gasteiger partial charge in [0.2, 0.25) is 5.91 Å². The molecular weight excluding hydrogens is 378 g/mol. The molecule has 2 heterocycles. The molecule has 0 saturated carbocycles. The number of hydrogen-bond acceptors (Lipinski definition) is 6. The Kier molecular flexibility index (Phi) is 5.99. The van der Waals surface area contributed by atoms with Crippen LogP contribution < -0.4 is 20.3 Å². The summed E-state index contributed by atoms with van der Waals surface area (Å²) in [6.45, 7) is 4.56. The number of carbonyl (C=O) groups excluding carboxylic acids is 1. The molecule has 148 valence electrons. The zero-order valence-electron chi connectivity index (χ0n) is 16.4. The molecule has 0 fully saturated rings. The van der Waals surface area contributed by atoms with E-state index in [0.717, 1.165) is 20.8 Å². The third-order valence-electron chi connectivity index (χ3n) is 4.67. The lowest BCUT2D eigenvalue weighted by atomic mass is 10.2. The van der Waals surface area contributed by atoms with E-state index >= 15 is 0 Å². The molecule has 0 bridgehead atoms. The molecule has 0 atom stereocenters. The highest BCUT2D eigenvalue weighted by molar-refractivity contribution is 7.18. The topological polar surface area (TPSA) is 82.5 Å². The molecular formula is C20H23N3O4S. The molecule has 0 saturated heterocycles. The molecule has 0 aliphatic carbocycles. The maximum absolute atomic E-state index is 12.7. The van der Waals surface area contributed by atoms with Gasteiger partial charge in [-0.1, -0.05) is 6.07 Å². The zero-order chi connectivity index (χ0) is 20.3. The number of fused-ring (bicyclic) bond motifs is 1. The van der Waals surface area contributed by atoms with Crippen LogP contribution in [-0.2, 0) is 17.9 Å². The molecule has 8 heteroatoms. The minimum absolute atomic E-state index is 0.0976. The summed E-state index contributed by atoms with van der Waals surface area (Å²) in [5, 5.41) is 3.51. The molecule has 3 aromatic rings. The lowest BCUT2D eigenvalue weighted by Gasteiger charge is -2.11. The number of carbonyl (C=O) groups is 1. The summed E-state index contributed by atoms with van der Waals surface area (Å²) >= 11 is 1.51. The minimum atomic E-state index is -0.139. The second-order valence-electron chi connectivity index (χ2n) is 6.42. The van der Waals surface area contributed by atoms with Crippen LogP contribution in [-0.4, -0.2) is 29.7 Å². The highest BCUT2D eigenvalue weighted by Gasteiger charge is 2.13. The van der Waals surface area contributed by atoms with Crippen molar-refractivity contribution >= 4 is 27.5 Å². The fraction of sp³-hybridized carbons (Fsp3) is 0.350. The number of aryl methyl sites for hydroxylation is 3. The number of benzene rings is 1. The number of methoxy groups -OCH3 is 2. The van der Waals surface area contributed by atoms with Gasteiger partial charge in [-0.15, -0.1) is 11.3 Å². The van der Waals surface area contributed by atoms with Crippen LogP contribution in [0.15, 0.2) is 29.3 Å². The van der Waals surface area contributed by atoms with Crippen LogP contribution in [0.5, 0.6) is 11.5 Å². The van der Waals surface area contributed by atoms with Gasteiger partial charge in [-0.2, -0.15) is 0 Å². The first kappa shape index (κ1) is 19.9. The maximum Gasteiger partial charge on any atom is 0.262 e. The van der Waals surface area contributed by atoms with E-state index in [1.54, 1.807) is 20.3 Å². The molecule has 1 aromatic carbocycles. The van der Waals surface area contributed by atoms with Gasteiger partial charge in [-0.3, -0.25) is 14.2 Å². The van der Waals surface area contributed by atoms with E-state index in [9.17, 15) is 9.59 Å². The van der Waals surface area contributed by atoms with Gasteiger partial charge in [-0.05, 0) is 37.1 Å². The quantitative estimate of drug-likeness (QED) is 0.658. The lowest BCUT2D eigenvalue weighted by Crippen LogP contribution is -2.27. The predicted octanol–water partition coefficient (Wildman–Crippen LogP) is 2.80. The Bertz CT molecular complexity index is 1070. The van der Waals surface area contributed by atoms with E-state index in [0.29, 0.717) is 23.4 Å². The molecule has 7 nitrogen and oxygen atoms in total. The number of thiophene rings is 1. The first-order chi connectivity index (χ1) is 13.4. The largest absolute Gasteiger partial charge is 0.493 e. The Morgan fingerprint density at radius 1 is 1.21 bits per heavy atom. The van der Waals surface area contributed by atoms with Crippen LogP contribution in [0.25, 0.3) is 10.2 Å². The van der Waals surface area contributed by atoms with Gasteiger partial charge in [0.05, 0.1) is 25.9 Å². The van der Waals surface area contributed by atoms with Gasteiger partial charge in [0.1, 0.15) is 4.83 Å². The smallest absolute Gasteiger partial charge is 0.262 e. The number of hydrogen-bond donors (Lipinski definition) is 1. The fourth-order valence-electron chi connectivity index (χ4n) is 2.93. The van der Waals surface area contributed by atoms with E-state index in [1.165, 1.54) is 22.2 Å². The first-order valence-corrected chi connectivity index (χ1v) is 9.69. The molecule has 0 spiro atoms. The Hall–Kier alpha value is -2.87. The molecule has 1 N–H and O–H groups in total. The van der Waals surface area contributed by atoms with Crippen LogP contribution in [0.2, 0.25) is 0 Å². The average molecular weight is 401 g/mol. The van der Waals surface area contributed by atoms with Crippen molar-refractivity contribution in [3.05, 3.63) is 50.9 Å². The van der Waals surface area contributed by atoms with Crippen LogP contribution in [0.3, 0.4) is 0 Å². The van der Waals surface area contributed by atoms with E-state index in [1.807, 2.05) is 26.0 Å². The van der Waals surface area contributed by atoms with Crippen LogP contribution in [0, 0.1) is 13.8 Å². The van der Waals surface area contributed by atoms with Gasteiger partial charge in [-0.25, -0.2) is 4.98 Å². The molecule has 28 heavy (non-hydrogen) atoms. The fourth-order valence-corrected chi connectivity index (χ4v) is 3.92. The maximum atomic E-state index is 12.7. The van der Waals surface area contributed by atoms with Crippen molar-refractivity contribution in [2.75, 3.05) is 14.2 Å². The third kappa shape index (κ3) is 4.01. The Morgan fingerprint density at radius 3 is 2.68 bits per heavy atom. The summed E-state index contributed by atoms with van der Waals surface area (Å²) in [7, 11) is 3.14. The van der Waals surface area contributed by atoms with E-state index in [-0.39, 0.29) is 24.4 Å². The van der Waals surface area contributed by atoms with Crippen molar-refractivity contribution in [3.8, 4) is 11.5 Å². The van der Waals surface area contributed by atoms with Crippen molar-refractivity contribution < 1.29 is 14.3 Å². The van der Waals surface area contributed by atoms with E-state index in [4.69, 9.17) is 9.47 Å². The lowest BCUT2D eigenvalue weighted by molar-refractivity contribution is -0.121. The number of amides is 1. The second-order valence-corrected chi connectivity index (χ2v) is 7.63. The van der Waals surface area contributed by atoms with Crippen molar-refractivity contribution in [2.45, 2.75) is 33.4 Å². The highest BCUT2D eigenvalue weighted by atomic mass is 32.1. The Labute approximate surface area is 166 Å². The van der Waals surface area contributed by atoms with Crippen LogP contribution in [0.1, 0.15) is 22.4 Å². The zero-order valence-corrected chi connectivity index (χ0v) is 17.2. The average Bonchev–Trinajstić information content (AvgIpc) is 3.00. The summed E-state index contributed by atoms with van der Waals surface area (Å²) in [4.78, 5) is 31.1. The van der Waals surface area contributed by atoms with Crippen LogP contribution in [0.4, 0.5) is 0 Å². The van der Waals surface area contributed by atoms with Gasteiger partial charge in [0, 0.05) is 24.4 Å². The van der Waals surface area contributed by atoms with Crippen molar-refractivity contribution in [2.24, 2.45) is 0 Å². The SMILES string of the molecule is COc1ccc(CNC(=O)CCn2cnc3sc(C)c(C)c3c2=O)cc1OC. The van der Waals surface area contributed by atoms with Crippen LogP contribution >= 0.6 is 11.3 Å². The van der Waals surface area contributed by atoms with Gasteiger partial charge in [0.25, 0.3) is 5.56 Å².